The number of pyridine rings is 2. The minimum Gasteiger partial charge on any atom is -0.205 e. The highest BCUT2D eigenvalue weighted by molar-refractivity contribution is 5.72. The van der Waals surface area contributed by atoms with E-state index in [2.05, 4.69) is 61.1 Å². The van der Waals surface area contributed by atoms with Gasteiger partial charge in [0.25, 0.3) is 0 Å². The number of rotatable bonds is 5. The first kappa shape index (κ1) is 22.7. The lowest BCUT2D eigenvalue weighted by Gasteiger charge is -2.09. The zero-order chi connectivity index (χ0) is 23.6. The number of benzene rings is 2. The zero-order valence-electron chi connectivity index (χ0n) is 19.0. The Labute approximate surface area is 192 Å². The molecule has 33 heavy (non-hydrogen) atoms. The molecule has 0 aliphatic heterocycles. The lowest BCUT2D eigenvalue weighted by Crippen LogP contribution is -2.32. The van der Waals surface area contributed by atoms with Gasteiger partial charge < -0.3 is 0 Å². The molecule has 0 aliphatic rings. The van der Waals surface area contributed by atoms with Gasteiger partial charge in [0.2, 0.25) is 5.69 Å². The third kappa shape index (κ3) is 4.98. The second-order valence-corrected chi connectivity index (χ2v) is 8.35. The molecule has 0 radical (unpaired) electrons. The predicted molar refractivity (Wildman–Crippen MR) is 124 cm³/mol. The van der Waals surface area contributed by atoms with E-state index in [0.717, 1.165) is 41.8 Å². The first-order chi connectivity index (χ1) is 15.8. The average molecular weight is 449 g/mol. The molecule has 2 aromatic carbocycles. The summed E-state index contributed by atoms with van der Waals surface area (Å²) in [5.41, 5.74) is 6.92. The quantitative estimate of drug-likeness (QED) is 0.303. The van der Waals surface area contributed by atoms with Crippen LogP contribution in [0, 0.1) is 13.8 Å². The van der Waals surface area contributed by atoms with Crippen molar-refractivity contribution in [2.45, 2.75) is 39.9 Å². The monoisotopic (exact) mass is 448 g/mol. The fourth-order valence-corrected chi connectivity index (χ4v) is 4.13. The molecule has 0 spiro atoms. The fourth-order valence-electron chi connectivity index (χ4n) is 4.13. The summed E-state index contributed by atoms with van der Waals surface area (Å²) < 4.78 is 42.5. The summed E-state index contributed by atoms with van der Waals surface area (Å²) in [6, 6.07) is 17.9. The molecule has 2 aromatic heterocycles. The molecule has 0 saturated carbocycles. The Hall–Kier alpha value is -3.47. The smallest absolute Gasteiger partial charge is 0.205 e. The first-order valence-corrected chi connectivity index (χ1v) is 11.1. The molecule has 0 amide bonds. The van der Waals surface area contributed by atoms with Crippen LogP contribution in [-0.2, 0) is 12.7 Å². The zero-order valence-corrected chi connectivity index (χ0v) is 19.0. The minimum absolute atomic E-state index is 0.644. The molecule has 0 aliphatic carbocycles. The molecule has 4 aromatic rings. The Morgan fingerprint density at radius 3 is 1.73 bits per heavy atom. The lowest BCUT2D eigenvalue weighted by molar-refractivity contribution is -0.697. The molecule has 0 atom stereocenters. The molecule has 4 rings (SSSR count). The second kappa shape index (κ2) is 9.18. The SMILES string of the molecule is CCC[n+]1ccc(-c2ccc(-c3cc[n+](-c4ccc(C(F)(F)F)cc4)cc3C)cc2)c(C)c1. The maximum Gasteiger partial charge on any atom is 0.416 e. The van der Waals surface area contributed by atoms with E-state index in [1.807, 2.05) is 30.0 Å². The number of alkyl halides is 3. The predicted octanol–water partition coefficient (Wildman–Crippen LogP) is 6.63. The molecule has 2 heterocycles. The van der Waals surface area contributed by atoms with Crippen molar-refractivity contribution in [2.75, 3.05) is 0 Å². The van der Waals surface area contributed by atoms with Gasteiger partial charge in [-0.25, -0.2) is 4.57 Å². The van der Waals surface area contributed by atoms with Gasteiger partial charge in [-0.15, -0.1) is 0 Å². The van der Waals surface area contributed by atoms with Crippen molar-refractivity contribution in [1.29, 1.82) is 0 Å². The molecule has 0 N–H and O–H groups in total. The normalized spacial score (nSPS) is 11.6. The van der Waals surface area contributed by atoms with Crippen LogP contribution < -0.4 is 9.13 Å². The Kier molecular flexibility index (Phi) is 6.32. The lowest BCUT2D eigenvalue weighted by atomic mass is 9.97. The van der Waals surface area contributed by atoms with E-state index in [0.29, 0.717) is 5.69 Å². The van der Waals surface area contributed by atoms with Crippen LogP contribution in [-0.4, -0.2) is 0 Å². The van der Waals surface area contributed by atoms with Gasteiger partial charge in [0.15, 0.2) is 24.8 Å². The van der Waals surface area contributed by atoms with E-state index in [9.17, 15) is 13.2 Å². The van der Waals surface area contributed by atoms with Crippen LogP contribution in [0.4, 0.5) is 13.2 Å². The number of nitrogens with zero attached hydrogens (tertiary/aromatic N) is 2. The highest BCUT2D eigenvalue weighted by Gasteiger charge is 2.30. The minimum atomic E-state index is -4.33. The maximum atomic E-state index is 12.8. The van der Waals surface area contributed by atoms with Gasteiger partial charge in [-0.3, -0.25) is 0 Å². The molecule has 0 bridgehead atoms. The molecule has 0 saturated heterocycles. The van der Waals surface area contributed by atoms with Gasteiger partial charge in [0.1, 0.15) is 6.54 Å². The molecular formula is C28H27F3N2+2. The molecule has 5 heteroatoms. The standard InChI is InChI=1S/C28H27F3N2/c1-4-15-32-16-13-26(20(2)18-32)22-5-7-23(8-6-22)27-14-17-33(19-21(27)3)25-11-9-24(10-12-25)28(29,30)31/h5-14,16-19H,4,15H2,1-3H3/q+2. The van der Waals surface area contributed by atoms with Crippen LogP contribution in [0.2, 0.25) is 0 Å². The van der Waals surface area contributed by atoms with Crippen molar-refractivity contribution < 1.29 is 22.3 Å². The summed E-state index contributed by atoms with van der Waals surface area (Å²) in [5.74, 6) is 0. The summed E-state index contributed by atoms with van der Waals surface area (Å²) in [6.45, 7) is 7.33. The van der Waals surface area contributed by atoms with Crippen molar-refractivity contribution in [1.82, 2.24) is 0 Å². The van der Waals surface area contributed by atoms with Gasteiger partial charge in [-0.2, -0.15) is 17.7 Å². The summed E-state index contributed by atoms with van der Waals surface area (Å²) in [7, 11) is 0. The van der Waals surface area contributed by atoms with Crippen LogP contribution in [0.5, 0.6) is 0 Å². The Balaban J connectivity index is 1.58. The Morgan fingerprint density at radius 1 is 0.697 bits per heavy atom. The second-order valence-electron chi connectivity index (χ2n) is 8.35. The van der Waals surface area contributed by atoms with E-state index in [-0.39, 0.29) is 0 Å². The highest BCUT2D eigenvalue weighted by Crippen LogP contribution is 2.30. The summed E-state index contributed by atoms with van der Waals surface area (Å²) in [5, 5.41) is 0. The number of hydrogen-bond acceptors (Lipinski definition) is 0. The number of aryl methyl sites for hydroxylation is 3. The van der Waals surface area contributed by atoms with Crippen molar-refractivity contribution in [2.24, 2.45) is 0 Å². The molecule has 0 fully saturated rings. The summed E-state index contributed by atoms with van der Waals surface area (Å²) in [6.07, 6.45) is 4.92. The van der Waals surface area contributed by atoms with Crippen LogP contribution in [0.3, 0.4) is 0 Å². The first-order valence-electron chi connectivity index (χ1n) is 11.1. The van der Waals surface area contributed by atoms with Gasteiger partial charge in [0, 0.05) is 41.8 Å². The maximum absolute atomic E-state index is 12.8. The molecule has 0 unspecified atom stereocenters. The van der Waals surface area contributed by atoms with Crippen molar-refractivity contribution in [3.63, 3.8) is 0 Å². The Bertz CT molecular complexity index is 1260. The van der Waals surface area contributed by atoms with Gasteiger partial charge in [-0.05, 0) is 48.2 Å². The third-order valence-corrected chi connectivity index (χ3v) is 5.86. The molecule has 168 valence electrons. The van der Waals surface area contributed by atoms with E-state index in [4.69, 9.17) is 0 Å². The highest BCUT2D eigenvalue weighted by atomic mass is 19.4. The van der Waals surface area contributed by atoms with E-state index in [1.165, 1.54) is 28.8 Å². The van der Waals surface area contributed by atoms with E-state index < -0.39 is 11.7 Å². The molecule has 2 nitrogen and oxygen atoms in total. The average Bonchev–Trinajstić information content (AvgIpc) is 2.79. The summed E-state index contributed by atoms with van der Waals surface area (Å²) >= 11 is 0. The van der Waals surface area contributed by atoms with Crippen LogP contribution in [0.25, 0.3) is 27.9 Å². The van der Waals surface area contributed by atoms with Gasteiger partial charge in [0.05, 0.1) is 5.56 Å². The van der Waals surface area contributed by atoms with Crippen molar-refractivity contribution >= 4 is 0 Å². The largest absolute Gasteiger partial charge is 0.416 e. The topological polar surface area (TPSA) is 7.76 Å². The fraction of sp³-hybridized carbons (Fsp3) is 0.214. The third-order valence-electron chi connectivity index (χ3n) is 5.86. The van der Waals surface area contributed by atoms with E-state index >= 15 is 0 Å². The van der Waals surface area contributed by atoms with Crippen molar-refractivity contribution in [3.8, 4) is 27.9 Å². The van der Waals surface area contributed by atoms with Crippen LogP contribution in [0.15, 0.2) is 85.5 Å². The van der Waals surface area contributed by atoms with Crippen molar-refractivity contribution in [3.05, 3.63) is 102 Å². The van der Waals surface area contributed by atoms with Gasteiger partial charge >= 0.3 is 6.18 Å². The van der Waals surface area contributed by atoms with Gasteiger partial charge in [-0.1, -0.05) is 31.2 Å². The van der Waals surface area contributed by atoms with Crippen LogP contribution in [0.1, 0.15) is 30.0 Å². The number of hydrogen-bond donors (Lipinski definition) is 0. The molecular weight excluding hydrogens is 421 g/mol. The summed E-state index contributed by atoms with van der Waals surface area (Å²) in [4.78, 5) is 0. The Morgan fingerprint density at radius 2 is 1.24 bits per heavy atom. The van der Waals surface area contributed by atoms with Crippen LogP contribution >= 0.6 is 0 Å². The van der Waals surface area contributed by atoms with E-state index in [1.54, 1.807) is 0 Å². The number of aromatic nitrogens is 2. The number of halogens is 3.